The van der Waals surface area contributed by atoms with E-state index in [-0.39, 0.29) is 12.5 Å². The van der Waals surface area contributed by atoms with E-state index in [1.807, 2.05) is 24.3 Å². The topological polar surface area (TPSA) is 70.7 Å². The average molecular weight is 355 g/mol. The van der Waals surface area contributed by atoms with Gasteiger partial charge < -0.3 is 20.3 Å². The lowest BCUT2D eigenvalue weighted by Crippen LogP contribution is -2.22. The molecule has 0 saturated heterocycles. The fraction of sp³-hybridized carbons (Fsp3) is 0.300. The molecule has 0 aliphatic carbocycles. The van der Waals surface area contributed by atoms with Gasteiger partial charge in [-0.15, -0.1) is 0 Å². The summed E-state index contributed by atoms with van der Waals surface area (Å²) in [5.41, 5.74) is 3.12. The third kappa shape index (κ3) is 5.24. The first-order valence-electron chi connectivity index (χ1n) is 8.64. The van der Waals surface area contributed by atoms with Crippen LogP contribution in [0.3, 0.4) is 0 Å². The standard InChI is InChI=1S/C20H25N3O3/c1-4-23(5-2)18-12-10-16(11-13-18)21-14-19(24)22-17-8-6-15(7-9-17)20(25)26-3/h6-13,21H,4-5,14H2,1-3H3,(H,22,24). The Morgan fingerprint density at radius 3 is 2.04 bits per heavy atom. The third-order valence-corrected chi connectivity index (χ3v) is 4.04. The Morgan fingerprint density at radius 2 is 1.50 bits per heavy atom. The van der Waals surface area contributed by atoms with Gasteiger partial charge in [-0.25, -0.2) is 4.79 Å². The Kier molecular flexibility index (Phi) is 7.02. The van der Waals surface area contributed by atoms with E-state index >= 15 is 0 Å². The highest BCUT2D eigenvalue weighted by molar-refractivity contribution is 5.95. The van der Waals surface area contributed by atoms with Crippen molar-refractivity contribution >= 4 is 28.9 Å². The van der Waals surface area contributed by atoms with Gasteiger partial charge in [0.05, 0.1) is 19.2 Å². The summed E-state index contributed by atoms with van der Waals surface area (Å²) in [6.07, 6.45) is 0. The van der Waals surface area contributed by atoms with Gasteiger partial charge in [-0.1, -0.05) is 0 Å². The number of hydrogen-bond acceptors (Lipinski definition) is 5. The SMILES string of the molecule is CCN(CC)c1ccc(NCC(=O)Nc2ccc(C(=O)OC)cc2)cc1. The number of nitrogens with one attached hydrogen (secondary N) is 2. The van der Waals surface area contributed by atoms with Crippen LogP contribution < -0.4 is 15.5 Å². The minimum absolute atomic E-state index is 0.156. The predicted molar refractivity (Wildman–Crippen MR) is 105 cm³/mol. The number of methoxy groups -OCH3 is 1. The van der Waals surface area contributed by atoms with Crippen LogP contribution in [0.5, 0.6) is 0 Å². The number of benzene rings is 2. The van der Waals surface area contributed by atoms with Crippen molar-refractivity contribution in [3.05, 3.63) is 54.1 Å². The third-order valence-electron chi connectivity index (χ3n) is 4.04. The van der Waals surface area contributed by atoms with Crippen LogP contribution in [0.15, 0.2) is 48.5 Å². The summed E-state index contributed by atoms with van der Waals surface area (Å²) in [5.74, 6) is -0.568. The summed E-state index contributed by atoms with van der Waals surface area (Å²) in [4.78, 5) is 25.7. The van der Waals surface area contributed by atoms with Gasteiger partial charge in [0.1, 0.15) is 0 Å². The lowest BCUT2D eigenvalue weighted by molar-refractivity contribution is -0.114. The molecule has 2 aromatic rings. The zero-order chi connectivity index (χ0) is 18.9. The fourth-order valence-corrected chi connectivity index (χ4v) is 2.57. The molecule has 138 valence electrons. The molecule has 2 rings (SSSR count). The summed E-state index contributed by atoms with van der Waals surface area (Å²) in [6, 6.07) is 14.6. The van der Waals surface area contributed by atoms with Gasteiger partial charge >= 0.3 is 5.97 Å². The van der Waals surface area contributed by atoms with Crippen molar-refractivity contribution in [1.82, 2.24) is 0 Å². The summed E-state index contributed by atoms with van der Waals surface area (Å²) in [5, 5.41) is 5.88. The molecule has 6 nitrogen and oxygen atoms in total. The monoisotopic (exact) mass is 355 g/mol. The lowest BCUT2D eigenvalue weighted by atomic mass is 10.2. The molecule has 0 aromatic heterocycles. The molecular formula is C20H25N3O3. The Morgan fingerprint density at radius 1 is 0.923 bits per heavy atom. The zero-order valence-electron chi connectivity index (χ0n) is 15.4. The quantitative estimate of drug-likeness (QED) is 0.711. The molecule has 0 aliphatic rings. The Hall–Kier alpha value is -3.02. The van der Waals surface area contributed by atoms with Gasteiger partial charge in [0.25, 0.3) is 0 Å². The van der Waals surface area contributed by atoms with Gasteiger partial charge in [-0.3, -0.25) is 4.79 Å². The maximum absolute atomic E-state index is 12.1. The molecule has 6 heteroatoms. The number of nitrogens with zero attached hydrogens (tertiary/aromatic N) is 1. The molecule has 0 unspecified atom stereocenters. The molecule has 26 heavy (non-hydrogen) atoms. The summed E-state index contributed by atoms with van der Waals surface area (Å²) >= 11 is 0. The number of anilines is 3. The molecule has 0 atom stereocenters. The first kappa shape index (κ1) is 19.3. The Bertz CT molecular complexity index is 723. The van der Waals surface area contributed by atoms with Crippen molar-refractivity contribution in [1.29, 1.82) is 0 Å². The van der Waals surface area contributed by atoms with Gasteiger partial charge in [-0.2, -0.15) is 0 Å². The molecule has 0 radical (unpaired) electrons. The van der Waals surface area contributed by atoms with Crippen LogP contribution in [-0.2, 0) is 9.53 Å². The van der Waals surface area contributed by atoms with Crippen molar-refractivity contribution in [3.63, 3.8) is 0 Å². The second kappa shape index (κ2) is 9.46. The van der Waals surface area contributed by atoms with E-state index in [2.05, 4.69) is 34.1 Å². The first-order chi connectivity index (χ1) is 12.6. The first-order valence-corrected chi connectivity index (χ1v) is 8.64. The van der Waals surface area contributed by atoms with Crippen molar-refractivity contribution in [3.8, 4) is 0 Å². The number of rotatable bonds is 8. The van der Waals surface area contributed by atoms with E-state index in [1.165, 1.54) is 7.11 Å². The van der Waals surface area contributed by atoms with Crippen LogP contribution in [0.1, 0.15) is 24.2 Å². The van der Waals surface area contributed by atoms with Crippen molar-refractivity contribution < 1.29 is 14.3 Å². The van der Waals surface area contributed by atoms with Crippen LogP contribution in [0.4, 0.5) is 17.1 Å². The van der Waals surface area contributed by atoms with E-state index in [1.54, 1.807) is 24.3 Å². The molecular weight excluding hydrogens is 330 g/mol. The molecule has 2 N–H and O–H groups in total. The second-order valence-electron chi connectivity index (χ2n) is 5.69. The normalized spacial score (nSPS) is 10.1. The summed E-state index contributed by atoms with van der Waals surface area (Å²) in [6.45, 7) is 6.32. The van der Waals surface area contributed by atoms with Gasteiger partial charge in [0.15, 0.2) is 0 Å². The molecule has 0 bridgehead atoms. The highest BCUT2D eigenvalue weighted by Crippen LogP contribution is 2.17. The highest BCUT2D eigenvalue weighted by Gasteiger charge is 2.07. The van der Waals surface area contributed by atoms with Crippen molar-refractivity contribution in [2.75, 3.05) is 42.3 Å². The van der Waals surface area contributed by atoms with Gasteiger partial charge in [0, 0.05) is 30.2 Å². The fourth-order valence-electron chi connectivity index (χ4n) is 2.57. The molecule has 0 fully saturated rings. The minimum Gasteiger partial charge on any atom is -0.465 e. The number of carbonyl (C=O) groups is 2. The molecule has 0 spiro atoms. The molecule has 1 amide bonds. The largest absolute Gasteiger partial charge is 0.465 e. The van der Waals surface area contributed by atoms with E-state index in [4.69, 9.17) is 0 Å². The molecule has 2 aromatic carbocycles. The van der Waals surface area contributed by atoms with Gasteiger partial charge in [-0.05, 0) is 62.4 Å². The maximum atomic E-state index is 12.1. The lowest BCUT2D eigenvalue weighted by Gasteiger charge is -2.21. The molecule has 0 aliphatic heterocycles. The smallest absolute Gasteiger partial charge is 0.337 e. The summed E-state index contributed by atoms with van der Waals surface area (Å²) < 4.78 is 4.64. The van der Waals surface area contributed by atoms with Crippen molar-refractivity contribution in [2.24, 2.45) is 0 Å². The summed E-state index contributed by atoms with van der Waals surface area (Å²) in [7, 11) is 1.33. The van der Waals surface area contributed by atoms with Crippen LogP contribution in [-0.4, -0.2) is 38.6 Å². The Balaban J connectivity index is 1.85. The zero-order valence-corrected chi connectivity index (χ0v) is 15.4. The average Bonchev–Trinajstić information content (AvgIpc) is 2.68. The number of hydrogen-bond donors (Lipinski definition) is 2. The minimum atomic E-state index is -0.405. The number of amides is 1. The van der Waals surface area contributed by atoms with Gasteiger partial charge in [0.2, 0.25) is 5.91 Å². The Labute approximate surface area is 154 Å². The second-order valence-corrected chi connectivity index (χ2v) is 5.69. The highest BCUT2D eigenvalue weighted by atomic mass is 16.5. The van der Waals surface area contributed by atoms with E-state index < -0.39 is 5.97 Å². The van der Waals surface area contributed by atoms with Crippen LogP contribution >= 0.6 is 0 Å². The maximum Gasteiger partial charge on any atom is 0.337 e. The van der Waals surface area contributed by atoms with E-state index in [0.717, 1.165) is 24.5 Å². The van der Waals surface area contributed by atoms with Crippen LogP contribution in [0.2, 0.25) is 0 Å². The molecule has 0 saturated carbocycles. The van der Waals surface area contributed by atoms with Crippen molar-refractivity contribution in [2.45, 2.75) is 13.8 Å². The number of esters is 1. The number of ether oxygens (including phenoxy) is 1. The van der Waals surface area contributed by atoms with E-state index in [0.29, 0.717) is 11.3 Å². The van der Waals surface area contributed by atoms with Crippen LogP contribution in [0, 0.1) is 0 Å². The predicted octanol–water partition coefficient (Wildman–Crippen LogP) is 3.37. The number of carbonyl (C=O) groups excluding carboxylic acids is 2. The van der Waals surface area contributed by atoms with E-state index in [9.17, 15) is 9.59 Å². The van der Waals surface area contributed by atoms with Crippen LogP contribution in [0.25, 0.3) is 0 Å². The molecule has 0 heterocycles.